The molecule has 0 saturated carbocycles. The second-order valence-corrected chi connectivity index (χ2v) is 6.95. The number of amides is 2. The van der Waals surface area contributed by atoms with Gasteiger partial charge < -0.3 is 25.5 Å². The summed E-state index contributed by atoms with van der Waals surface area (Å²) >= 11 is 0. The van der Waals surface area contributed by atoms with E-state index in [-0.39, 0.29) is 18.7 Å². The normalized spacial score (nSPS) is 15.1. The van der Waals surface area contributed by atoms with E-state index in [9.17, 15) is 38.1 Å². The molecule has 1 aliphatic rings. The Bertz CT molecular complexity index is 946. The van der Waals surface area contributed by atoms with Gasteiger partial charge in [-0.25, -0.2) is 0 Å². The number of likely N-dealkylation sites (tertiary alicyclic amines) is 1. The smallest absolute Gasteiger partial charge is 0.417 e. The molecule has 3 rings (SSSR count). The van der Waals surface area contributed by atoms with Gasteiger partial charge in [0, 0.05) is 24.7 Å². The first kappa shape index (κ1) is 21.3. The number of halogens is 3. The number of phenols is 3. The van der Waals surface area contributed by atoms with Crippen LogP contribution in [0.25, 0.3) is 0 Å². The molecule has 0 unspecified atom stereocenters. The van der Waals surface area contributed by atoms with E-state index in [1.807, 2.05) is 0 Å². The van der Waals surface area contributed by atoms with Crippen molar-refractivity contribution in [1.82, 2.24) is 10.2 Å². The average molecular weight is 424 g/mol. The fraction of sp³-hybridized carbons (Fsp3) is 0.300. The molecule has 1 fully saturated rings. The summed E-state index contributed by atoms with van der Waals surface area (Å²) in [6, 6.07) is 6.17. The van der Waals surface area contributed by atoms with Crippen LogP contribution in [0.3, 0.4) is 0 Å². The zero-order valence-electron chi connectivity index (χ0n) is 15.6. The number of nitrogens with zero attached hydrogens (tertiary/aromatic N) is 1. The van der Waals surface area contributed by atoms with Crippen molar-refractivity contribution >= 4 is 11.8 Å². The quantitative estimate of drug-likeness (QED) is 0.567. The molecule has 4 N–H and O–H groups in total. The number of hydrogen-bond acceptors (Lipinski definition) is 5. The highest BCUT2D eigenvalue weighted by atomic mass is 19.4. The monoisotopic (exact) mass is 424 g/mol. The zero-order valence-corrected chi connectivity index (χ0v) is 15.6. The van der Waals surface area contributed by atoms with Crippen LogP contribution in [0, 0.1) is 0 Å². The summed E-state index contributed by atoms with van der Waals surface area (Å²) in [6.07, 6.45) is -4.01. The van der Waals surface area contributed by atoms with E-state index >= 15 is 0 Å². The highest BCUT2D eigenvalue weighted by Crippen LogP contribution is 2.36. The predicted molar refractivity (Wildman–Crippen MR) is 99.3 cm³/mol. The Hall–Kier alpha value is -3.43. The van der Waals surface area contributed by atoms with Gasteiger partial charge in [0.15, 0.2) is 17.2 Å². The van der Waals surface area contributed by atoms with Gasteiger partial charge in [-0.15, -0.1) is 0 Å². The largest absolute Gasteiger partial charge is 0.504 e. The van der Waals surface area contributed by atoms with Crippen LogP contribution >= 0.6 is 0 Å². The summed E-state index contributed by atoms with van der Waals surface area (Å²) in [5, 5.41) is 31.1. The van der Waals surface area contributed by atoms with Gasteiger partial charge in [0.05, 0.1) is 11.1 Å². The number of alkyl halides is 3. The Balaban J connectivity index is 1.63. The number of hydrogen-bond donors (Lipinski definition) is 4. The summed E-state index contributed by atoms with van der Waals surface area (Å²) in [7, 11) is 0. The minimum Gasteiger partial charge on any atom is -0.504 e. The summed E-state index contributed by atoms with van der Waals surface area (Å²) in [6.45, 7) is 0.431. The van der Waals surface area contributed by atoms with Crippen LogP contribution in [0.2, 0.25) is 0 Å². The Kier molecular flexibility index (Phi) is 5.77. The molecule has 0 atom stereocenters. The van der Waals surface area contributed by atoms with E-state index in [0.717, 1.165) is 24.3 Å². The minimum absolute atomic E-state index is 0.0237. The van der Waals surface area contributed by atoms with Gasteiger partial charge in [0.2, 0.25) is 0 Å². The molecule has 2 aromatic rings. The van der Waals surface area contributed by atoms with E-state index in [1.54, 1.807) is 0 Å². The lowest BCUT2D eigenvalue weighted by atomic mass is 10.0. The van der Waals surface area contributed by atoms with E-state index in [2.05, 4.69) is 5.32 Å². The molecule has 0 bridgehead atoms. The van der Waals surface area contributed by atoms with Crippen LogP contribution in [0.4, 0.5) is 13.2 Å². The van der Waals surface area contributed by atoms with Crippen molar-refractivity contribution in [2.75, 3.05) is 13.1 Å². The Morgan fingerprint density at radius 2 is 1.57 bits per heavy atom. The molecule has 2 aromatic carbocycles. The van der Waals surface area contributed by atoms with Crippen molar-refractivity contribution in [2.45, 2.75) is 25.1 Å². The Morgan fingerprint density at radius 1 is 1.00 bits per heavy atom. The van der Waals surface area contributed by atoms with Crippen LogP contribution in [-0.2, 0) is 6.18 Å². The third-order valence-corrected chi connectivity index (χ3v) is 4.91. The van der Waals surface area contributed by atoms with E-state index in [0.29, 0.717) is 12.8 Å². The number of carbonyl (C=O) groups is 2. The maximum Gasteiger partial charge on any atom is 0.417 e. The lowest BCUT2D eigenvalue weighted by Gasteiger charge is -2.32. The van der Waals surface area contributed by atoms with Crippen LogP contribution < -0.4 is 5.32 Å². The van der Waals surface area contributed by atoms with Crippen molar-refractivity contribution in [3.05, 3.63) is 53.1 Å². The van der Waals surface area contributed by atoms with Gasteiger partial charge in [0.1, 0.15) is 0 Å². The maximum absolute atomic E-state index is 13.1. The standard InChI is InChI=1S/C20H19F3N2O5/c21-20(22,23)14-4-2-1-3-13(14)18(29)24-12-5-7-25(8-6-12)19(30)11-9-15(26)17(28)16(27)10-11/h1-4,9-10,12,26-28H,5-8H2,(H,24,29). The van der Waals surface area contributed by atoms with Crippen LogP contribution in [-0.4, -0.2) is 51.2 Å². The molecular weight excluding hydrogens is 405 g/mol. The maximum atomic E-state index is 13.1. The van der Waals surface area contributed by atoms with Crippen molar-refractivity contribution in [3.8, 4) is 17.2 Å². The van der Waals surface area contributed by atoms with Crippen molar-refractivity contribution < 1.29 is 38.1 Å². The zero-order chi connectivity index (χ0) is 22.1. The van der Waals surface area contributed by atoms with Crippen molar-refractivity contribution in [1.29, 1.82) is 0 Å². The Labute approximate surface area is 169 Å². The van der Waals surface area contributed by atoms with E-state index in [1.165, 1.54) is 17.0 Å². The van der Waals surface area contributed by atoms with E-state index in [4.69, 9.17) is 0 Å². The average Bonchev–Trinajstić information content (AvgIpc) is 2.71. The lowest BCUT2D eigenvalue weighted by molar-refractivity contribution is -0.137. The van der Waals surface area contributed by atoms with Crippen LogP contribution in [0.15, 0.2) is 36.4 Å². The van der Waals surface area contributed by atoms with Crippen molar-refractivity contribution in [2.24, 2.45) is 0 Å². The molecule has 160 valence electrons. The first-order valence-electron chi connectivity index (χ1n) is 9.09. The van der Waals surface area contributed by atoms with Gasteiger partial charge >= 0.3 is 6.18 Å². The number of benzene rings is 2. The molecule has 1 aliphatic heterocycles. The molecule has 1 heterocycles. The highest BCUT2D eigenvalue weighted by molar-refractivity contribution is 5.96. The topological polar surface area (TPSA) is 110 Å². The molecule has 2 amide bonds. The third kappa shape index (κ3) is 4.42. The minimum atomic E-state index is -4.65. The number of phenolic OH excluding ortho intramolecular Hbond substituents is 3. The van der Waals surface area contributed by atoms with Gasteiger partial charge in [0.25, 0.3) is 11.8 Å². The fourth-order valence-corrected chi connectivity index (χ4v) is 3.33. The highest BCUT2D eigenvalue weighted by Gasteiger charge is 2.35. The lowest BCUT2D eigenvalue weighted by Crippen LogP contribution is -2.46. The summed E-state index contributed by atoms with van der Waals surface area (Å²) < 4.78 is 39.3. The molecule has 0 aliphatic carbocycles. The summed E-state index contributed by atoms with van der Waals surface area (Å²) in [5.74, 6) is -3.33. The summed E-state index contributed by atoms with van der Waals surface area (Å²) in [4.78, 5) is 26.3. The number of piperidine rings is 1. The van der Waals surface area contributed by atoms with Crippen molar-refractivity contribution in [3.63, 3.8) is 0 Å². The number of nitrogens with one attached hydrogen (secondary N) is 1. The van der Waals surface area contributed by atoms with Gasteiger partial charge in [-0.05, 0) is 37.1 Å². The Morgan fingerprint density at radius 3 is 2.13 bits per heavy atom. The third-order valence-electron chi connectivity index (χ3n) is 4.91. The predicted octanol–water partition coefficient (Wildman–Crippen LogP) is 2.86. The first-order valence-corrected chi connectivity index (χ1v) is 9.09. The molecule has 10 heteroatoms. The molecule has 30 heavy (non-hydrogen) atoms. The number of rotatable bonds is 3. The molecular formula is C20H19F3N2O5. The number of carbonyl (C=O) groups excluding carboxylic acids is 2. The van der Waals surface area contributed by atoms with Gasteiger partial charge in [-0.2, -0.15) is 13.2 Å². The molecule has 0 aromatic heterocycles. The van der Waals surface area contributed by atoms with E-state index < -0.39 is 52.4 Å². The van der Waals surface area contributed by atoms with Crippen LogP contribution in [0.5, 0.6) is 17.2 Å². The van der Waals surface area contributed by atoms with Gasteiger partial charge in [-0.1, -0.05) is 12.1 Å². The van der Waals surface area contributed by atoms with Crippen LogP contribution in [0.1, 0.15) is 39.1 Å². The fourth-order valence-electron chi connectivity index (χ4n) is 3.33. The second kappa shape index (κ2) is 8.13. The van der Waals surface area contributed by atoms with Gasteiger partial charge in [-0.3, -0.25) is 9.59 Å². The molecule has 1 saturated heterocycles. The summed E-state index contributed by atoms with van der Waals surface area (Å²) in [5.41, 5.74) is -1.50. The first-order chi connectivity index (χ1) is 14.1. The number of aromatic hydroxyl groups is 3. The second-order valence-electron chi connectivity index (χ2n) is 6.95. The molecule has 7 nitrogen and oxygen atoms in total. The molecule has 0 radical (unpaired) electrons. The molecule has 0 spiro atoms. The SMILES string of the molecule is O=C(NC1CCN(C(=O)c2cc(O)c(O)c(O)c2)CC1)c1ccccc1C(F)(F)F.